The number of aliphatic hydroxyl groups is 1. The van der Waals surface area contributed by atoms with Crippen molar-refractivity contribution < 1.29 is 10.0 Å². The lowest BCUT2D eigenvalue weighted by Crippen LogP contribution is -3.16. The molecule has 20 heavy (non-hydrogen) atoms. The van der Waals surface area contributed by atoms with Crippen LogP contribution >= 0.6 is 22.7 Å². The molecular formula is C16H20NOS2+. The topological polar surface area (TPSA) is 24.7 Å². The smallest absolute Gasteiger partial charge is 0.141 e. The normalized spacial score (nSPS) is 29.8. The van der Waals surface area contributed by atoms with Crippen LogP contribution in [0.15, 0.2) is 35.0 Å². The summed E-state index contributed by atoms with van der Waals surface area (Å²) in [5.41, 5.74) is -0.765. The summed E-state index contributed by atoms with van der Waals surface area (Å²) in [5.74, 6) is 1.05. The zero-order chi connectivity index (χ0) is 13.6. The summed E-state index contributed by atoms with van der Waals surface area (Å²) in [6.07, 6.45) is 2.55. The van der Waals surface area contributed by atoms with E-state index in [1.807, 2.05) is 0 Å². The first-order chi connectivity index (χ1) is 9.78. The first-order valence-electron chi connectivity index (χ1n) is 7.42. The predicted molar refractivity (Wildman–Crippen MR) is 83.4 cm³/mol. The van der Waals surface area contributed by atoms with Gasteiger partial charge >= 0.3 is 0 Å². The zero-order valence-electron chi connectivity index (χ0n) is 11.4. The average molecular weight is 306 g/mol. The Bertz CT molecular complexity index is 521. The van der Waals surface area contributed by atoms with Crippen LogP contribution in [-0.2, 0) is 5.60 Å². The molecular weight excluding hydrogens is 286 g/mol. The molecule has 2 N–H and O–H groups in total. The van der Waals surface area contributed by atoms with Gasteiger partial charge in [0, 0.05) is 22.6 Å². The van der Waals surface area contributed by atoms with Gasteiger partial charge in [-0.25, -0.2) is 0 Å². The lowest BCUT2D eigenvalue weighted by Gasteiger charge is -2.48. The minimum absolute atomic E-state index is 0.373. The Labute approximate surface area is 127 Å². The second-order valence-electron chi connectivity index (χ2n) is 6.12. The summed E-state index contributed by atoms with van der Waals surface area (Å²) in [6.45, 7) is 3.72. The summed E-state index contributed by atoms with van der Waals surface area (Å²) in [4.78, 5) is 3.93. The fourth-order valence-electron chi connectivity index (χ4n) is 4.10. The lowest BCUT2D eigenvalue weighted by molar-refractivity contribution is -0.922. The molecule has 4 heteroatoms. The van der Waals surface area contributed by atoms with E-state index in [1.165, 1.54) is 25.9 Å². The minimum atomic E-state index is -0.765. The molecule has 106 valence electrons. The highest BCUT2D eigenvalue weighted by Gasteiger charge is 2.51. The number of nitrogens with one attached hydrogen (secondary N) is 1. The number of piperidine rings is 3. The SMILES string of the molecule is OC(c1cccs1)(c1cccs1)C1C[NH+]2CCC1CC2. The molecule has 2 nitrogen and oxygen atoms in total. The third-order valence-electron chi connectivity index (χ3n) is 5.15. The van der Waals surface area contributed by atoms with E-state index in [4.69, 9.17) is 0 Å². The zero-order valence-corrected chi connectivity index (χ0v) is 13.1. The van der Waals surface area contributed by atoms with Crippen LogP contribution in [-0.4, -0.2) is 24.7 Å². The summed E-state index contributed by atoms with van der Waals surface area (Å²) in [7, 11) is 0. The third kappa shape index (κ3) is 1.90. The second kappa shape index (κ2) is 4.95. The summed E-state index contributed by atoms with van der Waals surface area (Å²) in [5, 5.41) is 15.9. The fraction of sp³-hybridized carbons (Fsp3) is 0.500. The van der Waals surface area contributed by atoms with Crippen molar-refractivity contribution >= 4 is 22.7 Å². The molecule has 3 aliphatic rings. The Hall–Kier alpha value is -0.680. The van der Waals surface area contributed by atoms with E-state index in [0.29, 0.717) is 11.8 Å². The molecule has 2 bridgehead atoms. The molecule has 0 radical (unpaired) electrons. The van der Waals surface area contributed by atoms with Gasteiger partial charge in [0.2, 0.25) is 0 Å². The van der Waals surface area contributed by atoms with Crippen LogP contribution < -0.4 is 4.90 Å². The van der Waals surface area contributed by atoms with Crippen LogP contribution in [0.1, 0.15) is 22.6 Å². The molecule has 3 aliphatic heterocycles. The number of quaternary nitrogens is 1. The molecule has 0 saturated carbocycles. The molecule has 0 amide bonds. The Balaban J connectivity index is 1.80. The molecule has 5 rings (SSSR count). The van der Waals surface area contributed by atoms with Crippen molar-refractivity contribution in [3.8, 4) is 0 Å². The molecule has 0 spiro atoms. The summed E-state index contributed by atoms with van der Waals surface area (Å²) < 4.78 is 0. The first kappa shape index (κ1) is 13.0. The molecule has 2 aromatic rings. The number of hydrogen-bond donors (Lipinski definition) is 2. The monoisotopic (exact) mass is 306 g/mol. The quantitative estimate of drug-likeness (QED) is 0.890. The third-order valence-corrected chi connectivity index (χ3v) is 7.13. The second-order valence-corrected chi connectivity index (χ2v) is 8.01. The fourth-order valence-corrected chi connectivity index (χ4v) is 5.97. The first-order valence-corrected chi connectivity index (χ1v) is 9.18. The highest BCUT2D eigenvalue weighted by Crippen LogP contribution is 2.46. The van der Waals surface area contributed by atoms with Gasteiger partial charge in [0.25, 0.3) is 0 Å². The van der Waals surface area contributed by atoms with Crippen LogP contribution in [0.25, 0.3) is 0 Å². The van der Waals surface area contributed by atoms with E-state index < -0.39 is 5.60 Å². The number of rotatable bonds is 3. The van der Waals surface area contributed by atoms with Gasteiger partial charge in [0.15, 0.2) is 0 Å². The predicted octanol–water partition coefficient (Wildman–Crippen LogP) is 1.97. The van der Waals surface area contributed by atoms with Crippen molar-refractivity contribution in [3.63, 3.8) is 0 Å². The maximum atomic E-state index is 11.7. The van der Waals surface area contributed by atoms with Crippen molar-refractivity contribution in [2.75, 3.05) is 19.6 Å². The van der Waals surface area contributed by atoms with Crippen LogP contribution in [0.3, 0.4) is 0 Å². The number of thiophene rings is 2. The van der Waals surface area contributed by atoms with Crippen molar-refractivity contribution in [3.05, 3.63) is 44.8 Å². The van der Waals surface area contributed by atoms with Gasteiger partial charge in [-0.05, 0) is 28.8 Å². The van der Waals surface area contributed by atoms with Crippen molar-refractivity contribution in [1.29, 1.82) is 0 Å². The largest absolute Gasteiger partial charge is 0.378 e. The van der Waals surface area contributed by atoms with Gasteiger partial charge in [0.05, 0.1) is 25.6 Å². The Morgan fingerprint density at radius 1 is 1.05 bits per heavy atom. The van der Waals surface area contributed by atoms with Gasteiger partial charge in [-0.3, -0.25) is 0 Å². The minimum Gasteiger partial charge on any atom is -0.378 e. The van der Waals surface area contributed by atoms with E-state index in [-0.39, 0.29) is 0 Å². The van der Waals surface area contributed by atoms with Crippen molar-refractivity contribution in [2.24, 2.45) is 11.8 Å². The van der Waals surface area contributed by atoms with Crippen LogP contribution in [0.2, 0.25) is 0 Å². The van der Waals surface area contributed by atoms with E-state index in [1.54, 1.807) is 27.6 Å². The maximum absolute atomic E-state index is 11.7. The van der Waals surface area contributed by atoms with Gasteiger partial charge in [0.1, 0.15) is 5.60 Å². The molecule has 5 heterocycles. The molecule has 2 aromatic heterocycles. The van der Waals surface area contributed by atoms with Crippen LogP contribution in [0, 0.1) is 11.8 Å². The number of hydrogen-bond acceptors (Lipinski definition) is 3. The van der Waals surface area contributed by atoms with Crippen LogP contribution in [0.4, 0.5) is 0 Å². The average Bonchev–Trinajstić information content (AvgIpc) is 3.21. The molecule has 1 atom stereocenters. The highest BCUT2D eigenvalue weighted by atomic mass is 32.1. The van der Waals surface area contributed by atoms with E-state index in [2.05, 4.69) is 35.0 Å². The molecule has 1 unspecified atom stereocenters. The van der Waals surface area contributed by atoms with E-state index in [9.17, 15) is 5.11 Å². The molecule has 0 aromatic carbocycles. The Morgan fingerprint density at radius 3 is 2.05 bits per heavy atom. The molecule has 0 aliphatic carbocycles. The van der Waals surface area contributed by atoms with Gasteiger partial charge in [-0.15, -0.1) is 22.7 Å². The summed E-state index contributed by atoms with van der Waals surface area (Å²) >= 11 is 3.39. The maximum Gasteiger partial charge on any atom is 0.141 e. The molecule has 3 saturated heterocycles. The van der Waals surface area contributed by atoms with Gasteiger partial charge in [-0.1, -0.05) is 12.1 Å². The van der Waals surface area contributed by atoms with E-state index >= 15 is 0 Å². The lowest BCUT2D eigenvalue weighted by atomic mass is 9.69. The van der Waals surface area contributed by atoms with Gasteiger partial charge in [-0.2, -0.15) is 0 Å². The standard InChI is InChI=1S/C16H19NOS2/c18-16(14-3-1-9-19-14,15-4-2-10-20-15)13-11-17-7-5-12(13)6-8-17/h1-4,9-10,12-13,18H,5-8,11H2/p+1. The highest BCUT2D eigenvalue weighted by molar-refractivity contribution is 7.11. The van der Waals surface area contributed by atoms with Crippen LogP contribution in [0.5, 0.6) is 0 Å². The summed E-state index contributed by atoms with van der Waals surface area (Å²) in [6, 6.07) is 8.34. The van der Waals surface area contributed by atoms with E-state index in [0.717, 1.165) is 16.3 Å². The Morgan fingerprint density at radius 2 is 1.65 bits per heavy atom. The van der Waals surface area contributed by atoms with Gasteiger partial charge < -0.3 is 10.0 Å². The van der Waals surface area contributed by atoms with Crippen molar-refractivity contribution in [2.45, 2.75) is 18.4 Å². The number of fused-ring (bicyclic) bond motifs is 3. The molecule has 3 fully saturated rings. The Kier molecular flexibility index (Phi) is 3.22. The van der Waals surface area contributed by atoms with Crippen molar-refractivity contribution in [1.82, 2.24) is 0 Å².